The van der Waals surface area contributed by atoms with Crippen molar-refractivity contribution >= 4 is 25.7 Å². The van der Waals surface area contributed by atoms with Crippen LogP contribution in [0.25, 0.3) is 0 Å². The minimum absolute atomic E-state index is 0.167. The van der Waals surface area contributed by atoms with Crippen molar-refractivity contribution in [3.8, 4) is 0 Å². The van der Waals surface area contributed by atoms with Gasteiger partial charge in [0.2, 0.25) is 0 Å². The van der Waals surface area contributed by atoms with E-state index in [0.717, 1.165) is 38.5 Å². The first kappa shape index (κ1) is 51.5. The minimum Gasteiger partial charge on any atom is -0.480 e. The van der Waals surface area contributed by atoms with Gasteiger partial charge in [0.25, 0.3) is 0 Å². The SMILES string of the molecule is CCCCCCCCCCCCCCCCCCCCCCC(=O)OC[C@@H](COP(=O)(O)OC[C@@H](N)C(=O)O)OC(=O)CCCCCCCCCCC. The summed E-state index contributed by atoms with van der Waals surface area (Å²) in [6.45, 7) is 2.80. The largest absolute Gasteiger partial charge is 0.480 e. The van der Waals surface area contributed by atoms with Crippen LogP contribution in [0.4, 0.5) is 0 Å². The van der Waals surface area contributed by atoms with Crippen molar-refractivity contribution in [3.05, 3.63) is 0 Å². The molecule has 0 aromatic rings. The summed E-state index contributed by atoms with van der Waals surface area (Å²) >= 11 is 0. The Balaban J connectivity index is 4.19. The Morgan fingerprint density at radius 3 is 1.19 bits per heavy atom. The first-order valence-electron chi connectivity index (χ1n) is 21.6. The molecule has 0 aliphatic rings. The van der Waals surface area contributed by atoms with Crippen molar-refractivity contribution in [1.29, 1.82) is 0 Å². The summed E-state index contributed by atoms with van der Waals surface area (Å²) in [5.74, 6) is -2.36. The maximum absolute atomic E-state index is 12.5. The van der Waals surface area contributed by atoms with E-state index in [2.05, 4.69) is 18.4 Å². The Labute approximate surface area is 323 Å². The third-order valence-electron chi connectivity index (χ3n) is 9.61. The molecule has 11 nitrogen and oxygen atoms in total. The van der Waals surface area contributed by atoms with Crippen LogP contribution in [0.1, 0.15) is 213 Å². The van der Waals surface area contributed by atoms with Gasteiger partial charge in [-0.1, -0.05) is 187 Å². The summed E-state index contributed by atoms with van der Waals surface area (Å²) in [5, 5.41) is 8.86. The maximum atomic E-state index is 12.5. The molecule has 4 N–H and O–H groups in total. The molecule has 0 fully saturated rings. The summed E-state index contributed by atoms with van der Waals surface area (Å²) in [6.07, 6.45) is 34.7. The molecule has 0 spiro atoms. The lowest BCUT2D eigenvalue weighted by Crippen LogP contribution is -2.34. The summed E-state index contributed by atoms with van der Waals surface area (Å²) in [6, 6.07) is -1.51. The van der Waals surface area contributed by atoms with E-state index < -0.39 is 51.1 Å². The van der Waals surface area contributed by atoms with Gasteiger partial charge in [0, 0.05) is 12.8 Å². The summed E-state index contributed by atoms with van der Waals surface area (Å²) in [4.78, 5) is 45.8. The standard InChI is InChI=1S/C41H80NO10P/c1-3-5-7-9-11-13-14-15-16-17-18-19-20-21-22-23-25-26-28-30-32-39(43)49-34-37(35-50-53(47,48)51-36-38(42)41(45)46)52-40(44)33-31-29-27-24-12-10-8-6-4-2/h37-38H,3-36,42H2,1-2H3,(H,45,46)(H,47,48)/t37-,38+/m0/s1. The van der Waals surface area contributed by atoms with Crippen LogP contribution >= 0.6 is 7.82 Å². The number of hydrogen-bond acceptors (Lipinski definition) is 9. The van der Waals surface area contributed by atoms with Crippen molar-refractivity contribution in [1.82, 2.24) is 0 Å². The molecule has 0 aromatic heterocycles. The van der Waals surface area contributed by atoms with Crippen molar-refractivity contribution in [2.75, 3.05) is 19.8 Å². The molecule has 53 heavy (non-hydrogen) atoms. The molecule has 0 aliphatic carbocycles. The van der Waals surface area contributed by atoms with E-state index >= 15 is 0 Å². The second kappa shape index (κ2) is 37.4. The number of ether oxygens (including phenoxy) is 2. The molecule has 3 atom stereocenters. The highest BCUT2D eigenvalue weighted by molar-refractivity contribution is 7.47. The van der Waals surface area contributed by atoms with Crippen LogP contribution in [-0.2, 0) is 37.5 Å². The van der Waals surface area contributed by atoms with Gasteiger partial charge >= 0.3 is 25.7 Å². The Hall–Kier alpha value is -1.52. The number of carbonyl (C=O) groups excluding carboxylic acids is 2. The summed E-state index contributed by atoms with van der Waals surface area (Å²) in [5.41, 5.74) is 5.32. The molecular formula is C41H80NO10P. The van der Waals surface area contributed by atoms with Gasteiger partial charge in [-0.2, -0.15) is 0 Å². The number of rotatable bonds is 41. The number of esters is 2. The topological polar surface area (TPSA) is 172 Å². The predicted octanol–water partition coefficient (Wildman–Crippen LogP) is 11.1. The maximum Gasteiger partial charge on any atom is 0.472 e. The monoisotopic (exact) mass is 778 g/mol. The average Bonchev–Trinajstić information content (AvgIpc) is 3.13. The van der Waals surface area contributed by atoms with E-state index in [1.807, 2.05) is 0 Å². The van der Waals surface area contributed by atoms with Gasteiger partial charge in [-0.3, -0.25) is 23.4 Å². The van der Waals surface area contributed by atoms with E-state index in [0.29, 0.717) is 12.8 Å². The van der Waals surface area contributed by atoms with Crippen LogP contribution in [0, 0.1) is 0 Å². The van der Waals surface area contributed by atoms with Gasteiger partial charge in [-0.15, -0.1) is 0 Å². The molecule has 0 saturated carbocycles. The van der Waals surface area contributed by atoms with E-state index in [1.54, 1.807) is 0 Å². The van der Waals surface area contributed by atoms with Gasteiger partial charge < -0.3 is 25.2 Å². The van der Waals surface area contributed by atoms with E-state index in [9.17, 15) is 23.8 Å². The molecule has 0 heterocycles. The third-order valence-corrected chi connectivity index (χ3v) is 10.6. The van der Waals surface area contributed by atoms with Crippen molar-refractivity contribution in [3.63, 3.8) is 0 Å². The van der Waals surface area contributed by atoms with Crippen molar-refractivity contribution < 1.29 is 47.5 Å². The molecule has 0 aromatic carbocycles. The van der Waals surface area contributed by atoms with Crippen LogP contribution < -0.4 is 5.73 Å². The van der Waals surface area contributed by atoms with Crippen LogP contribution in [0.3, 0.4) is 0 Å². The first-order chi connectivity index (χ1) is 25.6. The molecule has 12 heteroatoms. The number of phosphoric acid groups is 1. The number of phosphoric ester groups is 1. The normalized spacial score (nSPS) is 13.7. The fourth-order valence-corrected chi connectivity index (χ4v) is 6.96. The van der Waals surface area contributed by atoms with Gasteiger partial charge in [0.15, 0.2) is 6.10 Å². The number of carbonyl (C=O) groups is 3. The zero-order valence-corrected chi connectivity index (χ0v) is 34.8. The number of nitrogens with two attached hydrogens (primary N) is 1. The lowest BCUT2D eigenvalue weighted by atomic mass is 10.0. The van der Waals surface area contributed by atoms with E-state index in [4.69, 9.17) is 24.8 Å². The minimum atomic E-state index is -4.70. The molecule has 314 valence electrons. The van der Waals surface area contributed by atoms with Crippen LogP contribution in [-0.4, -0.2) is 59.9 Å². The number of unbranched alkanes of at least 4 members (excludes halogenated alkanes) is 27. The molecule has 0 amide bonds. The van der Waals surface area contributed by atoms with E-state index in [-0.39, 0.29) is 19.4 Å². The first-order valence-corrected chi connectivity index (χ1v) is 23.1. The number of carboxylic acids is 1. The number of hydrogen-bond donors (Lipinski definition) is 3. The lowest BCUT2D eigenvalue weighted by Gasteiger charge is -2.20. The van der Waals surface area contributed by atoms with Crippen molar-refractivity contribution in [2.45, 2.75) is 225 Å². The summed E-state index contributed by atoms with van der Waals surface area (Å²) in [7, 11) is -4.70. The fraction of sp³-hybridized carbons (Fsp3) is 0.927. The molecule has 0 saturated heterocycles. The summed E-state index contributed by atoms with van der Waals surface area (Å²) < 4.78 is 32.6. The highest BCUT2D eigenvalue weighted by Crippen LogP contribution is 2.43. The Bertz CT molecular complexity index is 921. The molecular weight excluding hydrogens is 697 g/mol. The molecule has 0 bridgehead atoms. The second-order valence-corrected chi connectivity index (χ2v) is 16.3. The smallest absolute Gasteiger partial charge is 0.472 e. The van der Waals surface area contributed by atoms with Gasteiger partial charge in [-0.05, 0) is 12.8 Å². The molecule has 0 radical (unpaired) electrons. The predicted molar refractivity (Wildman–Crippen MR) is 213 cm³/mol. The van der Waals surface area contributed by atoms with Crippen molar-refractivity contribution in [2.24, 2.45) is 5.73 Å². The molecule has 0 rings (SSSR count). The zero-order valence-electron chi connectivity index (χ0n) is 33.9. The number of carboxylic acid groups (broad SMARTS) is 1. The lowest BCUT2D eigenvalue weighted by molar-refractivity contribution is -0.161. The van der Waals surface area contributed by atoms with E-state index in [1.165, 1.54) is 135 Å². The quantitative estimate of drug-likeness (QED) is 0.0306. The van der Waals surface area contributed by atoms with Crippen LogP contribution in [0.15, 0.2) is 0 Å². The van der Waals surface area contributed by atoms with Crippen LogP contribution in [0.5, 0.6) is 0 Å². The van der Waals surface area contributed by atoms with Crippen LogP contribution in [0.2, 0.25) is 0 Å². The number of aliphatic carboxylic acids is 1. The molecule has 0 aliphatic heterocycles. The highest BCUT2D eigenvalue weighted by atomic mass is 31.2. The Morgan fingerprint density at radius 1 is 0.509 bits per heavy atom. The second-order valence-electron chi connectivity index (χ2n) is 14.8. The highest BCUT2D eigenvalue weighted by Gasteiger charge is 2.28. The van der Waals surface area contributed by atoms with Gasteiger partial charge in [0.1, 0.15) is 12.6 Å². The Morgan fingerprint density at radius 2 is 0.830 bits per heavy atom. The molecule has 1 unspecified atom stereocenters. The third kappa shape index (κ3) is 37.2. The van der Waals surface area contributed by atoms with Gasteiger partial charge in [-0.25, -0.2) is 4.57 Å². The van der Waals surface area contributed by atoms with Gasteiger partial charge in [0.05, 0.1) is 13.2 Å². The Kier molecular flexibility index (Phi) is 36.3. The zero-order chi connectivity index (χ0) is 39.3. The fourth-order valence-electron chi connectivity index (χ4n) is 6.18. The average molecular weight is 778 g/mol.